The summed E-state index contributed by atoms with van der Waals surface area (Å²) < 4.78 is 0.0792. The van der Waals surface area contributed by atoms with Gasteiger partial charge >= 0.3 is 0 Å². The van der Waals surface area contributed by atoms with Gasteiger partial charge in [0, 0.05) is 17.7 Å². The van der Waals surface area contributed by atoms with Crippen LogP contribution in [0.3, 0.4) is 0 Å². The van der Waals surface area contributed by atoms with Gasteiger partial charge in [-0.2, -0.15) is 10.5 Å². The van der Waals surface area contributed by atoms with Gasteiger partial charge in [0.05, 0.1) is 10.5 Å². The highest BCUT2D eigenvalue weighted by Crippen LogP contribution is 2.32. The number of nitrogens with zero attached hydrogens (tertiary/aromatic N) is 3. The monoisotopic (exact) mass is 297 g/mol. The van der Waals surface area contributed by atoms with Crippen molar-refractivity contribution in [3.63, 3.8) is 0 Å². The number of H-pyrrole nitrogens is 1. The Labute approximate surface area is 124 Å². The summed E-state index contributed by atoms with van der Waals surface area (Å²) in [5, 5.41) is 29.3. The molecule has 0 saturated heterocycles. The van der Waals surface area contributed by atoms with Crippen LogP contribution in [0, 0.1) is 37.4 Å². The molecule has 102 valence electrons. The topological polar surface area (TPSA) is 133 Å². The number of anilines is 1. The molecule has 0 fully saturated rings. The Balaban J connectivity index is 2.90. The first-order valence-electron chi connectivity index (χ1n) is 5.60. The molecule has 2 aromatic rings. The number of rotatable bonds is 2. The molecular formula is C13H7N5O2S. The van der Waals surface area contributed by atoms with Gasteiger partial charge in [-0.25, -0.2) is 0 Å². The molecule has 1 heterocycles. The number of nitro benzene ring substituents is 1. The minimum atomic E-state index is -0.561. The van der Waals surface area contributed by atoms with Crippen molar-refractivity contribution in [2.75, 3.05) is 5.73 Å². The largest absolute Gasteiger partial charge is 0.384 e. The number of nitrogen functional groups attached to an aromatic ring is 1. The third-order valence-corrected chi connectivity index (χ3v) is 3.12. The summed E-state index contributed by atoms with van der Waals surface area (Å²) in [5.41, 5.74) is 6.17. The predicted octanol–water partition coefficient (Wildman–Crippen LogP) is 2.64. The third kappa shape index (κ3) is 2.43. The van der Waals surface area contributed by atoms with Crippen molar-refractivity contribution in [2.24, 2.45) is 0 Å². The van der Waals surface area contributed by atoms with E-state index >= 15 is 0 Å². The Bertz CT molecular complexity index is 889. The van der Waals surface area contributed by atoms with Crippen molar-refractivity contribution in [1.82, 2.24) is 4.98 Å². The van der Waals surface area contributed by atoms with Crippen molar-refractivity contribution in [1.29, 1.82) is 10.5 Å². The summed E-state index contributed by atoms with van der Waals surface area (Å²) in [6, 6.07) is 9.39. The van der Waals surface area contributed by atoms with Crippen LogP contribution in [0.25, 0.3) is 11.1 Å². The van der Waals surface area contributed by atoms with Crippen molar-refractivity contribution in [3.05, 3.63) is 50.1 Å². The molecule has 2 rings (SSSR count). The van der Waals surface area contributed by atoms with Crippen LogP contribution in [0.5, 0.6) is 0 Å². The lowest BCUT2D eigenvalue weighted by Crippen LogP contribution is -2.01. The molecule has 0 saturated carbocycles. The molecule has 0 aliphatic heterocycles. The first-order chi connectivity index (χ1) is 9.99. The molecule has 0 amide bonds. The predicted molar refractivity (Wildman–Crippen MR) is 77.6 cm³/mol. The van der Waals surface area contributed by atoms with Gasteiger partial charge in [-0.1, -0.05) is 24.4 Å². The lowest BCUT2D eigenvalue weighted by molar-refractivity contribution is -0.384. The van der Waals surface area contributed by atoms with Gasteiger partial charge in [0.15, 0.2) is 0 Å². The van der Waals surface area contributed by atoms with Crippen LogP contribution in [0.15, 0.2) is 24.3 Å². The molecule has 21 heavy (non-hydrogen) atoms. The fraction of sp³-hybridized carbons (Fsp3) is 0. The molecule has 0 bridgehead atoms. The van der Waals surface area contributed by atoms with Gasteiger partial charge in [0.1, 0.15) is 28.2 Å². The number of non-ortho nitro benzene ring substituents is 1. The zero-order chi connectivity index (χ0) is 15.6. The van der Waals surface area contributed by atoms with Crippen LogP contribution in [0.1, 0.15) is 11.1 Å². The number of aromatic nitrogens is 1. The number of nitrogens with one attached hydrogen (secondary N) is 1. The smallest absolute Gasteiger partial charge is 0.270 e. The van der Waals surface area contributed by atoms with Crippen LogP contribution in [0.2, 0.25) is 0 Å². The van der Waals surface area contributed by atoms with Crippen LogP contribution < -0.4 is 5.73 Å². The summed E-state index contributed by atoms with van der Waals surface area (Å²) in [6.07, 6.45) is 0. The SMILES string of the molecule is N#Cc1c(N)[nH]c(=S)c(C#N)c1-c1cccc([N+](=O)[O-])c1. The maximum absolute atomic E-state index is 10.9. The minimum Gasteiger partial charge on any atom is -0.384 e. The Morgan fingerprint density at radius 2 is 1.95 bits per heavy atom. The molecule has 0 spiro atoms. The van der Waals surface area contributed by atoms with Gasteiger partial charge in [-0.3, -0.25) is 10.1 Å². The van der Waals surface area contributed by atoms with Gasteiger partial charge in [0.25, 0.3) is 5.69 Å². The van der Waals surface area contributed by atoms with Crippen LogP contribution in [-0.2, 0) is 0 Å². The second-order valence-electron chi connectivity index (χ2n) is 4.02. The van der Waals surface area contributed by atoms with Crippen molar-refractivity contribution < 1.29 is 4.92 Å². The minimum absolute atomic E-state index is 0.0167. The van der Waals surface area contributed by atoms with E-state index in [0.717, 1.165) is 0 Å². The fourth-order valence-corrected chi connectivity index (χ4v) is 2.16. The number of aromatic amines is 1. The summed E-state index contributed by atoms with van der Waals surface area (Å²) in [6.45, 7) is 0. The molecule has 1 aromatic carbocycles. The molecule has 1 aromatic heterocycles. The van der Waals surface area contributed by atoms with E-state index in [1.54, 1.807) is 6.07 Å². The molecule has 7 nitrogen and oxygen atoms in total. The number of hydrogen-bond donors (Lipinski definition) is 2. The van der Waals surface area contributed by atoms with Gasteiger partial charge in [-0.15, -0.1) is 0 Å². The highest BCUT2D eigenvalue weighted by atomic mass is 32.1. The van der Waals surface area contributed by atoms with Gasteiger partial charge in [-0.05, 0) is 5.56 Å². The standard InChI is InChI=1S/C13H7N5O2S/c14-5-9-11(10(6-15)13(21)17-12(9)16)7-2-1-3-8(4-7)18(19)20/h1-4H,(H3,16,17,21). The normalized spacial score (nSPS) is 9.62. The molecule has 0 unspecified atom stereocenters. The maximum atomic E-state index is 10.9. The molecule has 3 N–H and O–H groups in total. The van der Waals surface area contributed by atoms with E-state index in [1.165, 1.54) is 18.2 Å². The fourth-order valence-electron chi connectivity index (χ4n) is 1.91. The second-order valence-corrected chi connectivity index (χ2v) is 4.43. The number of nitrogens with two attached hydrogens (primary N) is 1. The maximum Gasteiger partial charge on any atom is 0.270 e. The van der Waals surface area contributed by atoms with Crippen LogP contribution in [-0.4, -0.2) is 9.91 Å². The molecule has 0 atom stereocenters. The molecule has 0 aliphatic carbocycles. The summed E-state index contributed by atoms with van der Waals surface area (Å²) in [7, 11) is 0. The zero-order valence-corrected chi connectivity index (χ0v) is 11.3. The Kier molecular flexibility index (Phi) is 3.65. The highest BCUT2D eigenvalue weighted by Gasteiger charge is 2.18. The third-order valence-electron chi connectivity index (χ3n) is 2.81. The second kappa shape index (κ2) is 5.41. The number of nitriles is 2. The van der Waals surface area contributed by atoms with E-state index in [0.29, 0.717) is 5.56 Å². The number of nitro groups is 1. The van der Waals surface area contributed by atoms with Crippen molar-refractivity contribution >= 4 is 23.7 Å². The zero-order valence-electron chi connectivity index (χ0n) is 10.5. The van der Waals surface area contributed by atoms with Crippen LogP contribution in [0.4, 0.5) is 11.5 Å². The van der Waals surface area contributed by atoms with Gasteiger partial charge in [0.2, 0.25) is 0 Å². The van der Waals surface area contributed by atoms with Crippen LogP contribution >= 0.6 is 12.2 Å². The molecule has 8 heteroatoms. The van der Waals surface area contributed by atoms with E-state index in [1.807, 2.05) is 12.1 Å². The summed E-state index contributed by atoms with van der Waals surface area (Å²) in [4.78, 5) is 12.9. The Morgan fingerprint density at radius 3 is 2.52 bits per heavy atom. The van der Waals surface area contributed by atoms with E-state index in [4.69, 9.17) is 18.0 Å². The number of hydrogen-bond acceptors (Lipinski definition) is 6. The van der Waals surface area contributed by atoms with Crippen molar-refractivity contribution in [2.45, 2.75) is 0 Å². The van der Waals surface area contributed by atoms with E-state index in [2.05, 4.69) is 4.98 Å². The highest BCUT2D eigenvalue weighted by molar-refractivity contribution is 7.71. The number of pyridine rings is 1. The lowest BCUT2D eigenvalue weighted by atomic mass is 9.96. The quantitative estimate of drug-likeness (QED) is 0.497. The summed E-state index contributed by atoms with van der Waals surface area (Å²) in [5.74, 6) is 0.0167. The van der Waals surface area contributed by atoms with E-state index in [9.17, 15) is 20.6 Å². The molecule has 0 radical (unpaired) electrons. The lowest BCUT2D eigenvalue weighted by Gasteiger charge is -2.09. The molecular weight excluding hydrogens is 290 g/mol. The van der Waals surface area contributed by atoms with E-state index < -0.39 is 4.92 Å². The average Bonchev–Trinajstić information content (AvgIpc) is 2.46. The first-order valence-corrected chi connectivity index (χ1v) is 6.01. The summed E-state index contributed by atoms with van der Waals surface area (Å²) >= 11 is 5.02. The first kappa shape index (κ1) is 14.2. The van der Waals surface area contributed by atoms with Crippen molar-refractivity contribution in [3.8, 4) is 23.3 Å². The average molecular weight is 297 g/mol. The Hall–Kier alpha value is -3.23. The van der Waals surface area contributed by atoms with E-state index in [-0.39, 0.29) is 32.8 Å². The molecule has 0 aliphatic rings. The Morgan fingerprint density at radius 1 is 1.29 bits per heavy atom. The number of benzene rings is 1. The van der Waals surface area contributed by atoms with Gasteiger partial charge < -0.3 is 10.7 Å².